The summed E-state index contributed by atoms with van der Waals surface area (Å²) in [6.07, 6.45) is 0.666. The van der Waals surface area contributed by atoms with Crippen molar-refractivity contribution in [3.8, 4) is 22.3 Å². The van der Waals surface area contributed by atoms with Gasteiger partial charge < -0.3 is 4.57 Å². The summed E-state index contributed by atoms with van der Waals surface area (Å²) < 4.78 is 3.00. The molecule has 0 fully saturated rings. The van der Waals surface area contributed by atoms with Gasteiger partial charge >= 0.3 is 5.69 Å². The van der Waals surface area contributed by atoms with E-state index in [4.69, 9.17) is 0 Å². The summed E-state index contributed by atoms with van der Waals surface area (Å²) in [5, 5.41) is 2.05. The summed E-state index contributed by atoms with van der Waals surface area (Å²) in [5.41, 5.74) is 4.13. The van der Waals surface area contributed by atoms with Crippen LogP contribution in [0.3, 0.4) is 0 Å². The monoisotopic (exact) mass is 467 g/mol. The Bertz CT molecular complexity index is 1470. The third-order valence-electron chi connectivity index (χ3n) is 6.23. The Labute approximate surface area is 202 Å². The summed E-state index contributed by atoms with van der Waals surface area (Å²) in [6, 6.07) is 22.1. The molecule has 6 heteroatoms. The zero-order valence-electron chi connectivity index (χ0n) is 19.0. The molecule has 0 atom stereocenters. The topological polar surface area (TPSA) is 47.2 Å². The zero-order chi connectivity index (χ0) is 23.5. The van der Waals surface area contributed by atoms with Gasteiger partial charge in [-0.05, 0) is 34.7 Å². The molecule has 0 N–H and O–H groups in total. The normalized spacial score (nSPS) is 13.2. The van der Waals surface area contributed by atoms with Gasteiger partial charge in [-0.3, -0.25) is 14.3 Å². The van der Waals surface area contributed by atoms with Crippen LogP contribution in [0.1, 0.15) is 22.4 Å². The van der Waals surface area contributed by atoms with Crippen molar-refractivity contribution in [2.24, 2.45) is 7.05 Å². The molecule has 2 aromatic carbocycles. The standard InChI is InChI=1S/C28H25N3O2S/c1-29-25-15-17-30(16-5-9-21-7-3-2-4-8-21)20-24(25)27(32)31(28(29)33)19-22-11-13-23(14-12-22)26-10-6-18-34-26/h2-4,6-8,10-14,18H,15-17,19-20H2,1H3. The first kappa shape index (κ1) is 22.1. The fourth-order valence-electron chi connectivity index (χ4n) is 4.37. The van der Waals surface area contributed by atoms with Gasteiger partial charge in [0.25, 0.3) is 5.56 Å². The van der Waals surface area contributed by atoms with Gasteiger partial charge in [-0.1, -0.05) is 60.4 Å². The van der Waals surface area contributed by atoms with Crippen LogP contribution >= 0.6 is 11.3 Å². The maximum Gasteiger partial charge on any atom is 0.331 e. The molecule has 0 aliphatic carbocycles. The van der Waals surface area contributed by atoms with Crippen molar-refractivity contribution in [1.82, 2.24) is 14.0 Å². The van der Waals surface area contributed by atoms with Crippen molar-refractivity contribution >= 4 is 11.3 Å². The van der Waals surface area contributed by atoms with E-state index in [0.717, 1.165) is 28.9 Å². The highest BCUT2D eigenvalue weighted by Gasteiger charge is 2.23. The molecular weight excluding hydrogens is 442 g/mol. The summed E-state index contributed by atoms with van der Waals surface area (Å²) in [7, 11) is 1.77. The van der Waals surface area contributed by atoms with Crippen molar-refractivity contribution in [3.05, 3.63) is 115 Å². The number of aromatic nitrogens is 2. The van der Waals surface area contributed by atoms with Gasteiger partial charge in [-0.25, -0.2) is 4.79 Å². The van der Waals surface area contributed by atoms with Gasteiger partial charge in [-0.15, -0.1) is 11.3 Å². The van der Waals surface area contributed by atoms with Crippen LogP contribution in [0.15, 0.2) is 81.7 Å². The molecule has 2 aromatic heterocycles. The summed E-state index contributed by atoms with van der Waals surface area (Å²) >= 11 is 1.69. The van der Waals surface area contributed by atoms with E-state index >= 15 is 0 Å². The number of nitrogens with zero attached hydrogens (tertiary/aromatic N) is 3. The van der Waals surface area contributed by atoms with E-state index in [-0.39, 0.29) is 17.8 Å². The predicted octanol–water partition coefficient (Wildman–Crippen LogP) is 3.73. The number of rotatable bonds is 4. The second-order valence-corrected chi connectivity index (χ2v) is 9.41. The van der Waals surface area contributed by atoms with E-state index in [9.17, 15) is 9.59 Å². The van der Waals surface area contributed by atoms with Crippen LogP contribution in [0, 0.1) is 11.8 Å². The molecule has 5 nitrogen and oxygen atoms in total. The van der Waals surface area contributed by atoms with Crippen LogP contribution in [0.2, 0.25) is 0 Å². The van der Waals surface area contributed by atoms with Gasteiger partial charge in [0.2, 0.25) is 0 Å². The highest BCUT2D eigenvalue weighted by Crippen LogP contribution is 2.24. The van der Waals surface area contributed by atoms with Gasteiger partial charge in [0.05, 0.1) is 18.7 Å². The van der Waals surface area contributed by atoms with Crippen molar-refractivity contribution in [2.75, 3.05) is 13.1 Å². The molecule has 34 heavy (non-hydrogen) atoms. The number of thiophene rings is 1. The van der Waals surface area contributed by atoms with Gasteiger partial charge in [0, 0.05) is 42.7 Å². The second-order valence-electron chi connectivity index (χ2n) is 8.46. The lowest BCUT2D eigenvalue weighted by atomic mass is 10.1. The Morgan fingerprint density at radius 2 is 1.76 bits per heavy atom. The maximum absolute atomic E-state index is 13.4. The van der Waals surface area contributed by atoms with Crippen LogP contribution in [0.4, 0.5) is 0 Å². The SMILES string of the molecule is Cn1c2c(c(=O)n(Cc3ccc(-c4cccs4)cc3)c1=O)CN(CC#Cc1ccccc1)CC2. The number of fused-ring (bicyclic) bond motifs is 1. The Morgan fingerprint density at radius 1 is 0.971 bits per heavy atom. The maximum atomic E-state index is 13.4. The Balaban J connectivity index is 1.38. The minimum absolute atomic E-state index is 0.193. The lowest BCUT2D eigenvalue weighted by molar-refractivity contribution is 0.275. The molecule has 0 saturated carbocycles. The minimum atomic E-state index is -0.261. The molecule has 1 aliphatic rings. The number of hydrogen-bond acceptors (Lipinski definition) is 4. The first-order valence-corrected chi connectivity index (χ1v) is 12.2. The van der Waals surface area contributed by atoms with Gasteiger partial charge in [0.15, 0.2) is 0 Å². The van der Waals surface area contributed by atoms with Crippen molar-refractivity contribution in [1.29, 1.82) is 0 Å². The van der Waals surface area contributed by atoms with E-state index in [1.54, 1.807) is 23.0 Å². The Hall–Kier alpha value is -3.66. The van der Waals surface area contributed by atoms with E-state index < -0.39 is 0 Å². The largest absolute Gasteiger partial charge is 0.331 e. The van der Waals surface area contributed by atoms with Crippen molar-refractivity contribution < 1.29 is 0 Å². The molecule has 4 aromatic rings. The van der Waals surface area contributed by atoms with E-state index in [2.05, 4.69) is 28.2 Å². The smallest absolute Gasteiger partial charge is 0.300 e. The quantitative estimate of drug-likeness (QED) is 0.430. The summed E-state index contributed by atoms with van der Waals surface area (Å²) in [6.45, 7) is 2.12. The Morgan fingerprint density at radius 3 is 2.50 bits per heavy atom. The van der Waals surface area contributed by atoms with E-state index in [0.29, 0.717) is 25.1 Å². The zero-order valence-corrected chi connectivity index (χ0v) is 19.8. The minimum Gasteiger partial charge on any atom is -0.300 e. The average Bonchev–Trinajstić information content (AvgIpc) is 3.41. The molecule has 5 rings (SSSR count). The fraction of sp³-hybridized carbons (Fsp3) is 0.214. The summed E-state index contributed by atoms with van der Waals surface area (Å²) in [4.78, 5) is 29.8. The molecule has 0 bridgehead atoms. The first-order valence-electron chi connectivity index (χ1n) is 11.3. The van der Waals surface area contributed by atoms with Gasteiger partial charge in [0.1, 0.15) is 0 Å². The molecule has 0 radical (unpaired) electrons. The number of hydrogen-bond donors (Lipinski definition) is 0. The molecule has 170 valence electrons. The third kappa shape index (κ3) is 4.54. The highest BCUT2D eigenvalue weighted by molar-refractivity contribution is 7.13. The van der Waals surface area contributed by atoms with Crippen LogP contribution in [0.5, 0.6) is 0 Å². The summed E-state index contributed by atoms with van der Waals surface area (Å²) in [5.74, 6) is 6.40. The van der Waals surface area contributed by atoms with Crippen LogP contribution in [0.25, 0.3) is 10.4 Å². The van der Waals surface area contributed by atoms with Crippen LogP contribution in [-0.2, 0) is 26.6 Å². The third-order valence-corrected chi connectivity index (χ3v) is 7.15. The molecule has 0 saturated heterocycles. The van der Waals surface area contributed by atoms with E-state index in [1.807, 2.05) is 60.7 Å². The van der Waals surface area contributed by atoms with Crippen molar-refractivity contribution in [3.63, 3.8) is 0 Å². The molecule has 1 aliphatic heterocycles. The lowest BCUT2D eigenvalue weighted by Crippen LogP contribution is -2.47. The molecule has 3 heterocycles. The van der Waals surface area contributed by atoms with Gasteiger partial charge in [-0.2, -0.15) is 0 Å². The average molecular weight is 468 g/mol. The molecular formula is C28H25N3O2S. The fourth-order valence-corrected chi connectivity index (χ4v) is 5.10. The lowest BCUT2D eigenvalue weighted by Gasteiger charge is -2.28. The molecule has 0 spiro atoms. The Kier molecular flexibility index (Phi) is 6.31. The van der Waals surface area contributed by atoms with Crippen molar-refractivity contribution in [2.45, 2.75) is 19.5 Å². The second kappa shape index (κ2) is 9.68. The predicted molar refractivity (Wildman–Crippen MR) is 137 cm³/mol. The number of benzene rings is 2. The first-order chi connectivity index (χ1) is 16.6. The highest BCUT2D eigenvalue weighted by atomic mass is 32.1. The van der Waals surface area contributed by atoms with Crippen LogP contribution < -0.4 is 11.2 Å². The van der Waals surface area contributed by atoms with Crippen LogP contribution in [-0.4, -0.2) is 27.1 Å². The molecule has 0 unspecified atom stereocenters. The molecule has 0 amide bonds. The van der Waals surface area contributed by atoms with E-state index in [1.165, 1.54) is 9.44 Å².